The van der Waals surface area contributed by atoms with E-state index in [0.717, 1.165) is 0 Å². The minimum Gasteiger partial charge on any atom is -0.497 e. The van der Waals surface area contributed by atoms with Crippen LogP contribution < -0.4 is 15.8 Å². The van der Waals surface area contributed by atoms with Crippen molar-refractivity contribution in [1.29, 1.82) is 0 Å². The number of carbonyl (C=O) groups excluding carboxylic acids is 1. The zero-order valence-electron chi connectivity index (χ0n) is 10.3. The van der Waals surface area contributed by atoms with Gasteiger partial charge in [-0.15, -0.1) is 12.3 Å². The van der Waals surface area contributed by atoms with Gasteiger partial charge in [-0.3, -0.25) is 4.79 Å². The number of nitrogens with one attached hydrogen (secondary N) is 1. The van der Waals surface area contributed by atoms with Gasteiger partial charge in [-0.2, -0.15) is 0 Å². The number of ether oxygens (including phenoxy) is 1. The molecule has 0 aliphatic carbocycles. The minimum atomic E-state index is -1.18. The molecule has 1 aromatic rings. The summed E-state index contributed by atoms with van der Waals surface area (Å²) in [6.45, 7) is 0. The molecule has 0 saturated heterocycles. The second-order valence-corrected chi connectivity index (χ2v) is 3.72. The highest BCUT2D eigenvalue weighted by Crippen LogP contribution is 2.22. The van der Waals surface area contributed by atoms with E-state index in [9.17, 15) is 9.59 Å². The van der Waals surface area contributed by atoms with E-state index in [-0.39, 0.29) is 17.7 Å². The molecule has 0 spiro atoms. The van der Waals surface area contributed by atoms with Gasteiger partial charge in [-0.25, -0.2) is 4.79 Å². The summed E-state index contributed by atoms with van der Waals surface area (Å²) in [5, 5.41) is 11.5. The molecule has 1 atom stereocenters. The van der Waals surface area contributed by atoms with Crippen LogP contribution in [0.3, 0.4) is 0 Å². The molecule has 0 fully saturated rings. The van der Waals surface area contributed by atoms with E-state index in [2.05, 4.69) is 11.2 Å². The largest absolute Gasteiger partial charge is 0.497 e. The van der Waals surface area contributed by atoms with Gasteiger partial charge in [0.15, 0.2) is 0 Å². The molecular weight excluding hydrogens is 248 g/mol. The average molecular weight is 262 g/mol. The Morgan fingerprint density at radius 1 is 1.58 bits per heavy atom. The van der Waals surface area contributed by atoms with Crippen LogP contribution in [-0.4, -0.2) is 30.1 Å². The van der Waals surface area contributed by atoms with Gasteiger partial charge in [0.1, 0.15) is 5.75 Å². The van der Waals surface area contributed by atoms with Crippen LogP contribution in [0, 0.1) is 12.3 Å². The molecule has 0 saturated carbocycles. The normalized spacial score (nSPS) is 11.2. The zero-order chi connectivity index (χ0) is 14.4. The Labute approximate surface area is 110 Å². The Balaban J connectivity index is 2.98. The Morgan fingerprint density at radius 2 is 2.26 bits per heavy atom. The predicted octanol–water partition coefficient (Wildman–Crippen LogP) is 0.682. The van der Waals surface area contributed by atoms with Gasteiger partial charge in [0, 0.05) is 6.42 Å². The Kier molecular flexibility index (Phi) is 4.92. The van der Waals surface area contributed by atoms with Crippen LogP contribution in [0.25, 0.3) is 0 Å². The van der Waals surface area contributed by atoms with E-state index >= 15 is 0 Å². The molecule has 100 valence electrons. The maximum atomic E-state index is 11.7. The predicted molar refractivity (Wildman–Crippen MR) is 70.0 cm³/mol. The highest BCUT2D eigenvalue weighted by Gasteiger charge is 2.17. The van der Waals surface area contributed by atoms with Crippen LogP contribution in [0.4, 0.5) is 5.69 Å². The lowest BCUT2D eigenvalue weighted by Crippen LogP contribution is -2.35. The van der Waals surface area contributed by atoms with Crippen molar-refractivity contribution in [2.75, 3.05) is 12.4 Å². The number of terminal acetylenes is 1. The first-order valence-corrected chi connectivity index (χ1v) is 5.40. The van der Waals surface area contributed by atoms with Gasteiger partial charge >= 0.3 is 5.97 Å². The molecule has 1 unspecified atom stereocenters. The van der Waals surface area contributed by atoms with Crippen molar-refractivity contribution >= 4 is 17.6 Å². The topological polar surface area (TPSA) is 102 Å². The molecule has 1 aromatic carbocycles. The Morgan fingerprint density at radius 3 is 2.79 bits per heavy atom. The van der Waals surface area contributed by atoms with Gasteiger partial charge in [-0.05, 0) is 18.2 Å². The van der Waals surface area contributed by atoms with E-state index in [1.54, 1.807) is 0 Å². The molecule has 1 rings (SSSR count). The second kappa shape index (κ2) is 6.42. The first-order chi connectivity index (χ1) is 8.99. The molecular formula is C13H14N2O4. The number of hydrogen-bond donors (Lipinski definition) is 3. The van der Waals surface area contributed by atoms with Crippen LogP contribution >= 0.6 is 0 Å². The summed E-state index contributed by atoms with van der Waals surface area (Å²) in [6.07, 6.45) is 5.13. The van der Waals surface area contributed by atoms with Gasteiger partial charge in [0.05, 0.1) is 24.4 Å². The maximum Gasteiger partial charge on any atom is 0.337 e. The average Bonchev–Trinajstić information content (AvgIpc) is 2.39. The van der Waals surface area contributed by atoms with Crippen LogP contribution in [0.2, 0.25) is 0 Å². The van der Waals surface area contributed by atoms with E-state index in [4.69, 9.17) is 22.0 Å². The third kappa shape index (κ3) is 3.72. The number of nitrogens with two attached hydrogens (primary N) is 1. The fraction of sp³-hybridized carbons (Fsp3) is 0.231. The van der Waals surface area contributed by atoms with Crippen LogP contribution in [-0.2, 0) is 4.79 Å². The number of benzene rings is 1. The summed E-state index contributed by atoms with van der Waals surface area (Å²) < 4.78 is 4.92. The van der Waals surface area contributed by atoms with Gasteiger partial charge in [0.2, 0.25) is 5.91 Å². The third-order valence-corrected chi connectivity index (χ3v) is 2.39. The van der Waals surface area contributed by atoms with Crippen molar-refractivity contribution in [2.24, 2.45) is 5.73 Å². The number of hydrogen-bond acceptors (Lipinski definition) is 4. The molecule has 6 nitrogen and oxygen atoms in total. The van der Waals surface area contributed by atoms with Gasteiger partial charge in [-0.1, -0.05) is 0 Å². The second-order valence-electron chi connectivity index (χ2n) is 3.72. The van der Waals surface area contributed by atoms with Crippen molar-refractivity contribution in [3.63, 3.8) is 0 Å². The summed E-state index contributed by atoms with van der Waals surface area (Å²) in [6, 6.07) is 3.40. The van der Waals surface area contributed by atoms with Gasteiger partial charge < -0.3 is 20.9 Å². The molecule has 4 N–H and O–H groups in total. The Hall–Kier alpha value is -2.52. The molecule has 0 bridgehead atoms. The summed E-state index contributed by atoms with van der Waals surface area (Å²) in [7, 11) is 1.42. The lowest BCUT2D eigenvalue weighted by atomic mass is 10.1. The summed E-state index contributed by atoms with van der Waals surface area (Å²) in [5.41, 5.74) is 5.59. The smallest absolute Gasteiger partial charge is 0.337 e. The first-order valence-electron chi connectivity index (χ1n) is 5.40. The zero-order valence-corrected chi connectivity index (χ0v) is 10.3. The van der Waals surface area contributed by atoms with Crippen molar-refractivity contribution < 1.29 is 19.4 Å². The van der Waals surface area contributed by atoms with E-state index in [1.807, 2.05) is 0 Å². The molecule has 0 heterocycles. The number of carboxylic acid groups (broad SMARTS) is 1. The number of rotatable bonds is 5. The molecule has 0 radical (unpaired) electrons. The molecule has 19 heavy (non-hydrogen) atoms. The number of anilines is 1. The molecule has 0 aliphatic rings. The molecule has 1 amide bonds. The summed E-state index contributed by atoms with van der Waals surface area (Å²) in [4.78, 5) is 22.8. The lowest BCUT2D eigenvalue weighted by molar-refractivity contribution is -0.117. The highest BCUT2D eigenvalue weighted by atomic mass is 16.5. The monoisotopic (exact) mass is 262 g/mol. The Bertz CT molecular complexity index is 534. The fourth-order valence-electron chi connectivity index (χ4n) is 1.38. The number of aromatic carboxylic acids is 1. The van der Waals surface area contributed by atoms with Crippen LogP contribution in [0.1, 0.15) is 16.8 Å². The number of carboxylic acids is 1. The van der Waals surface area contributed by atoms with Crippen LogP contribution in [0.5, 0.6) is 5.75 Å². The molecule has 6 heteroatoms. The van der Waals surface area contributed by atoms with E-state index in [1.165, 1.54) is 25.3 Å². The fourth-order valence-corrected chi connectivity index (χ4v) is 1.38. The van der Waals surface area contributed by atoms with Crippen molar-refractivity contribution in [3.8, 4) is 18.1 Å². The van der Waals surface area contributed by atoms with E-state index in [0.29, 0.717) is 5.75 Å². The van der Waals surface area contributed by atoms with E-state index < -0.39 is 17.9 Å². The summed E-state index contributed by atoms with van der Waals surface area (Å²) >= 11 is 0. The quantitative estimate of drug-likeness (QED) is 0.677. The highest BCUT2D eigenvalue weighted by molar-refractivity contribution is 6.02. The van der Waals surface area contributed by atoms with Gasteiger partial charge in [0.25, 0.3) is 0 Å². The number of amides is 1. The standard InChI is InChI=1S/C13H14N2O4/c1-3-4-10(14)12(16)15-11-6-5-8(19-2)7-9(11)13(17)18/h1,5-7,10H,4,14H2,2H3,(H,15,16)(H,17,18). The van der Waals surface area contributed by atoms with Crippen molar-refractivity contribution in [3.05, 3.63) is 23.8 Å². The molecule has 0 aliphatic heterocycles. The van der Waals surface area contributed by atoms with Crippen molar-refractivity contribution in [2.45, 2.75) is 12.5 Å². The number of carbonyl (C=O) groups is 2. The number of methoxy groups -OCH3 is 1. The van der Waals surface area contributed by atoms with Crippen molar-refractivity contribution in [1.82, 2.24) is 0 Å². The minimum absolute atomic E-state index is 0.0738. The third-order valence-electron chi connectivity index (χ3n) is 2.39. The molecule has 0 aromatic heterocycles. The van der Waals surface area contributed by atoms with Crippen LogP contribution in [0.15, 0.2) is 18.2 Å². The maximum absolute atomic E-state index is 11.7. The summed E-state index contributed by atoms with van der Waals surface area (Å²) in [5.74, 6) is 0.928. The SMILES string of the molecule is C#CCC(N)C(=O)Nc1ccc(OC)cc1C(=O)O. The lowest BCUT2D eigenvalue weighted by Gasteiger charge is -2.12. The first kappa shape index (κ1) is 14.5.